The zero-order valence-corrected chi connectivity index (χ0v) is 10.8. The average Bonchev–Trinajstić information content (AvgIpc) is 2.32. The first-order valence-electron chi connectivity index (χ1n) is 5.32. The first-order chi connectivity index (χ1) is 8.15. The first-order valence-corrected chi connectivity index (χ1v) is 6.11. The second-order valence-electron chi connectivity index (χ2n) is 3.90. The van der Waals surface area contributed by atoms with E-state index in [0.717, 1.165) is 16.7 Å². The highest BCUT2D eigenvalue weighted by Crippen LogP contribution is 2.12. The standard InChI is InChI=1S/C11H13BrN2O3/c12-8-1-2-9(13-5-8)6-14-3-4-17-10(7-14)11(15)16/h1-2,5,10H,3-4,6-7H2,(H,15,16). The Bertz CT molecular complexity index is 396. The van der Waals surface area contributed by atoms with Crippen LogP contribution in [0.5, 0.6) is 0 Å². The number of aliphatic carboxylic acids is 1. The lowest BCUT2D eigenvalue weighted by molar-refractivity contribution is -0.156. The van der Waals surface area contributed by atoms with Gasteiger partial charge in [0, 0.05) is 30.3 Å². The van der Waals surface area contributed by atoms with Crippen molar-refractivity contribution in [1.82, 2.24) is 9.88 Å². The predicted octanol–water partition coefficient (Wildman–Crippen LogP) is 1.13. The molecule has 2 heterocycles. The molecular formula is C11H13BrN2O3. The van der Waals surface area contributed by atoms with Gasteiger partial charge in [0.1, 0.15) is 0 Å². The lowest BCUT2D eigenvalue weighted by Crippen LogP contribution is -2.45. The SMILES string of the molecule is O=C(O)C1CN(Cc2ccc(Br)cn2)CCO1. The van der Waals surface area contributed by atoms with Gasteiger partial charge >= 0.3 is 5.97 Å². The molecule has 1 aliphatic rings. The van der Waals surface area contributed by atoms with E-state index < -0.39 is 12.1 Å². The summed E-state index contributed by atoms with van der Waals surface area (Å²) in [6.45, 7) is 2.25. The third-order valence-electron chi connectivity index (χ3n) is 2.60. The molecule has 0 saturated carbocycles. The molecule has 1 N–H and O–H groups in total. The number of rotatable bonds is 3. The van der Waals surface area contributed by atoms with Gasteiger partial charge in [-0.3, -0.25) is 9.88 Å². The number of morpholine rings is 1. The monoisotopic (exact) mass is 300 g/mol. The van der Waals surface area contributed by atoms with Gasteiger partial charge < -0.3 is 9.84 Å². The molecular weight excluding hydrogens is 288 g/mol. The molecule has 0 bridgehead atoms. The van der Waals surface area contributed by atoms with Crippen LogP contribution in [0.15, 0.2) is 22.8 Å². The molecule has 0 aliphatic carbocycles. The maximum Gasteiger partial charge on any atom is 0.334 e. The van der Waals surface area contributed by atoms with Crippen molar-refractivity contribution in [2.75, 3.05) is 19.7 Å². The molecule has 1 atom stereocenters. The van der Waals surface area contributed by atoms with Crippen LogP contribution in [-0.4, -0.2) is 46.8 Å². The summed E-state index contributed by atoms with van der Waals surface area (Å²) < 4.78 is 6.09. The number of nitrogens with zero attached hydrogens (tertiary/aromatic N) is 2. The molecule has 1 saturated heterocycles. The second kappa shape index (κ2) is 5.57. The molecule has 5 nitrogen and oxygen atoms in total. The van der Waals surface area contributed by atoms with Crippen molar-refractivity contribution >= 4 is 21.9 Å². The molecule has 1 unspecified atom stereocenters. The number of hydrogen-bond acceptors (Lipinski definition) is 4. The van der Waals surface area contributed by atoms with Crippen molar-refractivity contribution in [3.63, 3.8) is 0 Å². The number of carbonyl (C=O) groups is 1. The summed E-state index contributed by atoms with van der Waals surface area (Å²) in [5.41, 5.74) is 0.930. The Morgan fingerprint density at radius 3 is 3.12 bits per heavy atom. The van der Waals surface area contributed by atoms with Crippen LogP contribution in [0.1, 0.15) is 5.69 Å². The van der Waals surface area contributed by atoms with Gasteiger partial charge in [-0.1, -0.05) is 0 Å². The van der Waals surface area contributed by atoms with Gasteiger partial charge in [-0.2, -0.15) is 0 Å². The number of carboxylic acids is 1. The Hall–Kier alpha value is -0.980. The molecule has 0 aromatic carbocycles. The zero-order chi connectivity index (χ0) is 12.3. The van der Waals surface area contributed by atoms with Crippen molar-refractivity contribution in [3.8, 4) is 0 Å². The van der Waals surface area contributed by atoms with E-state index in [-0.39, 0.29) is 0 Å². The number of ether oxygens (including phenoxy) is 1. The molecule has 1 aromatic rings. The van der Waals surface area contributed by atoms with Crippen molar-refractivity contribution in [2.24, 2.45) is 0 Å². The van der Waals surface area contributed by atoms with Crippen molar-refractivity contribution in [3.05, 3.63) is 28.5 Å². The van der Waals surface area contributed by atoms with E-state index in [0.29, 0.717) is 19.7 Å². The summed E-state index contributed by atoms with van der Waals surface area (Å²) in [6, 6.07) is 3.85. The van der Waals surface area contributed by atoms with Crippen LogP contribution < -0.4 is 0 Å². The maximum absolute atomic E-state index is 10.8. The van der Waals surface area contributed by atoms with Crippen LogP contribution in [-0.2, 0) is 16.1 Å². The van der Waals surface area contributed by atoms with Gasteiger partial charge in [-0.25, -0.2) is 4.79 Å². The summed E-state index contributed by atoms with van der Waals surface area (Å²) in [4.78, 5) is 17.1. The Balaban J connectivity index is 1.94. The molecule has 1 fully saturated rings. The Kier molecular flexibility index (Phi) is 4.09. The number of aromatic nitrogens is 1. The molecule has 1 aliphatic heterocycles. The first kappa shape index (κ1) is 12.5. The van der Waals surface area contributed by atoms with Crippen molar-refractivity contribution in [1.29, 1.82) is 0 Å². The minimum atomic E-state index is -0.904. The van der Waals surface area contributed by atoms with Crippen LogP contribution in [0, 0.1) is 0 Å². The van der Waals surface area contributed by atoms with Gasteiger partial charge in [-0.15, -0.1) is 0 Å². The number of pyridine rings is 1. The number of halogens is 1. The molecule has 17 heavy (non-hydrogen) atoms. The minimum absolute atomic E-state index is 0.410. The molecule has 0 spiro atoms. The third kappa shape index (κ3) is 3.49. The fourth-order valence-electron chi connectivity index (χ4n) is 1.72. The van der Waals surface area contributed by atoms with E-state index >= 15 is 0 Å². The highest BCUT2D eigenvalue weighted by molar-refractivity contribution is 9.10. The summed E-state index contributed by atoms with van der Waals surface area (Å²) in [6.07, 6.45) is 1.02. The Morgan fingerprint density at radius 2 is 2.47 bits per heavy atom. The number of carboxylic acid groups (broad SMARTS) is 1. The van der Waals surface area contributed by atoms with Crippen LogP contribution >= 0.6 is 15.9 Å². The molecule has 2 rings (SSSR count). The largest absolute Gasteiger partial charge is 0.479 e. The summed E-state index contributed by atoms with van der Waals surface area (Å²) in [5.74, 6) is -0.904. The molecule has 1 aromatic heterocycles. The smallest absolute Gasteiger partial charge is 0.334 e. The number of hydrogen-bond donors (Lipinski definition) is 1. The summed E-state index contributed by atoms with van der Waals surface area (Å²) in [5, 5.41) is 8.89. The maximum atomic E-state index is 10.8. The van der Waals surface area contributed by atoms with Crippen LogP contribution in [0.3, 0.4) is 0 Å². The van der Waals surface area contributed by atoms with E-state index in [1.807, 2.05) is 17.0 Å². The van der Waals surface area contributed by atoms with Crippen molar-refractivity contribution < 1.29 is 14.6 Å². The topological polar surface area (TPSA) is 62.7 Å². The Morgan fingerprint density at radius 1 is 1.65 bits per heavy atom. The van der Waals surface area contributed by atoms with Gasteiger partial charge in [0.2, 0.25) is 0 Å². The van der Waals surface area contributed by atoms with Crippen molar-refractivity contribution in [2.45, 2.75) is 12.6 Å². The summed E-state index contributed by atoms with van der Waals surface area (Å²) >= 11 is 3.33. The van der Waals surface area contributed by atoms with Crippen LogP contribution in [0.2, 0.25) is 0 Å². The van der Waals surface area contributed by atoms with Gasteiger partial charge in [0.25, 0.3) is 0 Å². The molecule has 0 amide bonds. The average molecular weight is 301 g/mol. The van der Waals surface area contributed by atoms with Gasteiger partial charge in [0.15, 0.2) is 6.10 Å². The zero-order valence-electron chi connectivity index (χ0n) is 9.17. The second-order valence-corrected chi connectivity index (χ2v) is 4.82. The van der Waals surface area contributed by atoms with Crippen LogP contribution in [0.4, 0.5) is 0 Å². The lowest BCUT2D eigenvalue weighted by Gasteiger charge is -2.30. The van der Waals surface area contributed by atoms with E-state index in [1.54, 1.807) is 6.20 Å². The molecule has 0 radical (unpaired) electrons. The predicted molar refractivity (Wildman–Crippen MR) is 64.6 cm³/mol. The molecule has 92 valence electrons. The van der Waals surface area contributed by atoms with E-state index in [1.165, 1.54) is 0 Å². The normalized spacial score (nSPS) is 21.4. The van der Waals surface area contributed by atoms with Gasteiger partial charge in [0.05, 0.1) is 12.3 Å². The highest BCUT2D eigenvalue weighted by atomic mass is 79.9. The Labute approximate surface area is 108 Å². The van der Waals surface area contributed by atoms with E-state index in [4.69, 9.17) is 9.84 Å². The van der Waals surface area contributed by atoms with E-state index in [2.05, 4.69) is 20.9 Å². The van der Waals surface area contributed by atoms with E-state index in [9.17, 15) is 4.79 Å². The summed E-state index contributed by atoms with van der Waals surface area (Å²) in [7, 11) is 0. The van der Waals surface area contributed by atoms with Gasteiger partial charge in [-0.05, 0) is 28.1 Å². The van der Waals surface area contributed by atoms with Crippen LogP contribution in [0.25, 0.3) is 0 Å². The lowest BCUT2D eigenvalue weighted by atomic mass is 10.2. The highest BCUT2D eigenvalue weighted by Gasteiger charge is 2.26. The fourth-order valence-corrected chi connectivity index (χ4v) is 1.96. The molecule has 6 heteroatoms. The fraction of sp³-hybridized carbons (Fsp3) is 0.455. The minimum Gasteiger partial charge on any atom is -0.479 e. The quantitative estimate of drug-likeness (QED) is 0.907. The third-order valence-corrected chi connectivity index (χ3v) is 3.07.